The first-order valence-electron chi connectivity index (χ1n) is 12.8. The number of hydrogen-bond donors (Lipinski definition) is 2. The first kappa shape index (κ1) is 26.2. The monoisotopic (exact) mass is 494 g/mol. The van der Waals surface area contributed by atoms with Gasteiger partial charge in [-0.2, -0.15) is 0 Å². The van der Waals surface area contributed by atoms with Gasteiger partial charge in [-0.15, -0.1) is 0 Å². The van der Waals surface area contributed by atoms with E-state index in [1.165, 1.54) is 11.1 Å². The van der Waals surface area contributed by atoms with Gasteiger partial charge in [0.15, 0.2) is 0 Å². The second-order valence-corrected chi connectivity index (χ2v) is 9.54. The average molecular weight is 495 g/mol. The Bertz CT molecular complexity index is 998. The summed E-state index contributed by atoms with van der Waals surface area (Å²) in [6.07, 6.45) is 3.79. The van der Waals surface area contributed by atoms with Gasteiger partial charge in [-0.05, 0) is 36.6 Å². The normalized spacial score (nSPS) is 20.6. The molecule has 2 aliphatic heterocycles. The van der Waals surface area contributed by atoms with Gasteiger partial charge in [0.2, 0.25) is 5.91 Å². The minimum Gasteiger partial charge on any atom is -0.379 e. The van der Waals surface area contributed by atoms with Crippen LogP contribution in [0.5, 0.6) is 0 Å². The number of likely N-dealkylation sites (tertiary alicyclic amines) is 1. The number of aromatic nitrogens is 1. The lowest BCUT2D eigenvalue weighted by atomic mass is 10.1. The Morgan fingerprint density at radius 3 is 2.72 bits per heavy atom. The Kier molecular flexibility index (Phi) is 9.41. The molecular weight excluding hydrogens is 456 g/mol. The minimum atomic E-state index is -0.544. The number of hydrogen-bond acceptors (Lipinski definition) is 7. The van der Waals surface area contributed by atoms with E-state index in [4.69, 9.17) is 10.5 Å². The summed E-state index contributed by atoms with van der Waals surface area (Å²) in [7, 11) is 0. The number of morpholine rings is 1. The van der Waals surface area contributed by atoms with Gasteiger partial charge in [0.25, 0.3) is 5.91 Å². The quantitative estimate of drug-likeness (QED) is 0.505. The van der Waals surface area contributed by atoms with Gasteiger partial charge < -0.3 is 20.7 Å². The van der Waals surface area contributed by atoms with Crippen LogP contribution >= 0.6 is 0 Å². The van der Waals surface area contributed by atoms with Gasteiger partial charge in [-0.3, -0.25) is 24.4 Å². The lowest BCUT2D eigenvalue weighted by Gasteiger charge is -2.33. The first-order chi connectivity index (χ1) is 17.6. The summed E-state index contributed by atoms with van der Waals surface area (Å²) < 4.78 is 5.51. The Morgan fingerprint density at radius 1 is 1.19 bits per heavy atom. The number of rotatable bonds is 10. The molecule has 2 aromatic rings. The van der Waals surface area contributed by atoms with E-state index in [-0.39, 0.29) is 17.9 Å². The molecule has 9 heteroatoms. The molecular formula is C27H38N6O3. The van der Waals surface area contributed by atoms with Crippen molar-refractivity contribution in [3.8, 4) is 0 Å². The molecule has 2 atom stereocenters. The van der Waals surface area contributed by atoms with E-state index in [9.17, 15) is 9.59 Å². The lowest BCUT2D eigenvalue weighted by Crippen LogP contribution is -2.47. The van der Waals surface area contributed by atoms with Gasteiger partial charge >= 0.3 is 0 Å². The fourth-order valence-corrected chi connectivity index (χ4v) is 5.01. The van der Waals surface area contributed by atoms with E-state index in [2.05, 4.69) is 51.3 Å². The summed E-state index contributed by atoms with van der Waals surface area (Å²) in [5.74, 6) is -0.313. The fourth-order valence-electron chi connectivity index (χ4n) is 5.01. The molecule has 36 heavy (non-hydrogen) atoms. The fraction of sp³-hybridized carbons (Fsp3) is 0.519. The molecule has 194 valence electrons. The molecule has 0 saturated carbocycles. The highest BCUT2D eigenvalue weighted by atomic mass is 16.5. The Labute approximate surface area is 213 Å². The number of benzene rings is 1. The van der Waals surface area contributed by atoms with Crippen molar-refractivity contribution < 1.29 is 14.3 Å². The average Bonchev–Trinajstić information content (AvgIpc) is 3.37. The van der Waals surface area contributed by atoms with Crippen molar-refractivity contribution in [2.45, 2.75) is 32.0 Å². The lowest BCUT2D eigenvalue weighted by molar-refractivity contribution is -0.124. The predicted molar refractivity (Wildman–Crippen MR) is 138 cm³/mol. The molecule has 2 saturated heterocycles. The van der Waals surface area contributed by atoms with Gasteiger partial charge in [-0.25, -0.2) is 0 Å². The van der Waals surface area contributed by atoms with Crippen LogP contribution in [0, 0.1) is 6.92 Å². The minimum absolute atomic E-state index is 0.0555. The Balaban J connectivity index is 1.55. The standard InChI is InChI=1S/C27H38N6O3/c1-21-5-2-3-6-23(21)19-32(12-11-31-13-15-36-16-14-31)24-17-25(26(34)30-10-8-28)33(20-24)27(35)22-7-4-9-29-18-22/h2-7,9,18,24-25H,8,10-17,19-20,28H2,1H3,(H,30,34). The number of aryl methyl sites for hydroxylation is 1. The van der Waals surface area contributed by atoms with E-state index in [1.54, 1.807) is 29.4 Å². The zero-order chi connectivity index (χ0) is 25.3. The van der Waals surface area contributed by atoms with Crippen LogP contribution in [-0.2, 0) is 16.1 Å². The molecule has 3 heterocycles. The number of nitrogens with one attached hydrogen (secondary N) is 1. The van der Waals surface area contributed by atoms with Crippen LogP contribution in [0.2, 0.25) is 0 Å². The van der Waals surface area contributed by atoms with Crippen molar-refractivity contribution in [1.29, 1.82) is 0 Å². The number of carbonyl (C=O) groups excluding carboxylic acids is 2. The van der Waals surface area contributed by atoms with E-state index < -0.39 is 6.04 Å². The number of nitrogens with zero attached hydrogens (tertiary/aromatic N) is 4. The summed E-state index contributed by atoms with van der Waals surface area (Å²) in [6, 6.07) is 11.4. The van der Waals surface area contributed by atoms with E-state index >= 15 is 0 Å². The molecule has 2 unspecified atom stereocenters. The Hall–Kier alpha value is -2.85. The molecule has 0 bridgehead atoms. The van der Waals surface area contributed by atoms with Crippen molar-refractivity contribution in [3.63, 3.8) is 0 Å². The summed E-state index contributed by atoms with van der Waals surface area (Å²) in [5.41, 5.74) is 8.62. The third-order valence-corrected chi connectivity index (χ3v) is 7.15. The van der Waals surface area contributed by atoms with Crippen molar-refractivity contribution in [1.82, 2.24) is 25.0 Å². The molecule has 2 aliphatic rings. The number of ether oxygens (including phenoxy) is 1. The smallest absolute Gasteiger partial charge is 0.256 e. The first-order valence-corrected chi connectivity index (χ1v) is 12.8. The van der Waals surface area contributed by atoms with E-state index in [1.807, 2.05) is 0 Å². The SMILES string of the molecule is Cc1ccccc1CN(CCN1CCOCC1)C1CC(C(=O)NCCN)N(C(=O)c2cccnc2)C1. The number of pyridine rings is 1. The maximum absolute atomic E-state index is 13.5. The molecule has 2 amide bonds. The molecule has 1 aromatic carbocycles. The molecule has 9 nitrogen and oxygen atoms in total. The van der Waals surface area contributed by atoms with Crippen LogP contribution in [0.25, 0.3) is 0 Å². The molecule has 4 rings (SSSR count). The zero-order valence-corrected chi connectivity index (χ0v) is 21.1. The van der Waals surface area contributed by atoms with E-state index in [0.29, 0.717) is 31.6 Å². The molecule has 2 fully saturated rings. The van der Waals surface area contributed by atoms with Crippen molar-refractivity contribution in [2.24, 2.45) is 5.73 Å². The van der Waals surface area contributed by atoms with Crippen molar-refractivity contribution >= 4 is 11.8 Å². The maximum Gasteiger partial charge on any atom is 0.256 e. The van der Waals surface area contributed by atoms with Crippen molar-refractivity contribution in [3.05, 3.63) is 65.5 Å². The van der Waals surface area contributed by atoms with Gasteiger partial charge in [0.05, 0.1) is 18.8 Å². The van der Waals surface area contributed by atoms with Crippen LogP contribution in [0.3, 0.4) is 0 Å². The highest BCUT2D eigenvalue weighted by Crippen LogP contribution is 2.26. The van der Waals surface area contributed by atoms with E-state index in [0.717, 1.165) is 45.9 Å². The summed E-state index contributed by atoms with van der Waals surface area (Å²) in [6.45, 7) is 9.30. The highest BCUT2D eigenvalue weighted by Gasteiger charge is 2.42. The summed E-state index contributed by atoms with van der Waals surface area (Å²) in [5, 5.41) is 2.90. The largest absolute Gasteiger partial charge is 0.379 e. The highest BCUT2D eigenvalue weighted by molar-refractivity contribution is 5.97. The topological polar surface area (TPSA) is 104 Å². The van der Waals surface area contributed by atoms with Gasteiger partial charge in [0.1, 0.15) is 6.04 Å². The Morgan fingerprint density at radius 2 is 2.00 bits per heavy atom. The predicted octanol–water partition coefficient (Wildman–Crippen LogP) is 0.882. The number of carbonyl (C=O) groups is 2. The third-order valence-electron chi connectivity index (χ3n) is 7.15. The van der Waals surface area contributed by atoms with Crippen LogP contribution in [-0.4, -0.2) is 103 Å². The third kappa shape index (κ3) is 6.67. The molecule has 3 N–H and O–H groups in total. The van der Waals surface area contributed by atoms with Crippen LogP contribution in [0.15, 0.2) is 48.8 Å². The van der Waals surface area contributed by atoms with Crippen LogP contribution < -0.4 is 11.1 Å². The van der Waals surface area contributed by atoms with Gasteiger partial charge in [0, 0.05) is 70.8 Å². The van der Waals surface area contributed by atoms with Crippen molar-refractivity contribution in [2.75, 3.05) is 59.0 Å². The molecule has 1 aromatic heterocycles. The second kappa shape index (κ2) is 12.9. The number of amides is 2. The zero-order valence-electron chi connectivity index (χ0n) is 21.1. The molecule has 0 aliphatic carbocycles. The summed E-state index contributed by atoms with van der Waals surface area (Å²) >= 11 is 0. The second-order valence-electron chi connectivity index (χ2n) is 9.54. The van der Waals surface area contributed by atoms with Crippen LogP contribution in [0.1, 0.15) is 27.9 Å². The number of nitrogens with two attached hydrogens (primary N) is 1. The van der Waals surface area contributed by atoms with Crippen LogP contribution in [0.4, 0.5) is 0 Å². The maximum atomic E-state index is 13.5. The molecule has 0 spiro atoms. The molecule has 0 radical (unpaired) electrons. The summed E-state index contributed by atoms with van der Waals surface area (Å²) in [4.78, 5) is 37.3. The van der Waals surface area contributed by atoms with Gasteiger partial charge in [-0.1, -0.05) is 24.3 Å².